The van der Waals surface area contributed by atoms with Crippen LogP contribution in [-0.2, 0) is 21.2 Å². The Balaban J connectivity index is 2.56. The first kappa shape index (κ1) is 18.7. The first-order valence-electron chi connectivity index (χ1n) is 6.54. The molecular formula is C14H12N2O7S2. The summed E-state index contributed by atoms with van der Waals surface area (Å²) in [7, 11) is -4.71. The lowest BCUT2D eigenvalue weighted by molar-refractivity contribution is -0.385. The van der Waals surface area contributed by atoms with Crippen molar-refractivity contribution in [1.82, 2.24) is 0 Å². The van der Waals surface area contributed by atoms with E-state index in [1.165, 1.54) is 30.4 Å². The van der Waals surface area contributed by atoms with Crippen molar-refractivity contribution in [2.24, 2.45) is 0 Å². The van der Waals surface area contributed by atoms with Gasteiger partial charge in [-0.25, -0.2) is 4.21 Å². The summed E-state index contributed by atoms with van der Waals surface area (Å²) < 4.78 is 52.8. The van der Waals surface area contributed by atoms with E-state index in [1.807, 2.05) is 0 Å². The van der Waals surface area contributed by atoms with E-state index in [0.717, 1.165) is 18.2 Å². The van der Waals surface area contributed by atoms with E-state index in [4.69, 9.17) is 5.73 Å². The molecule has 0 aliphatic heterocycles. The van der Waals surface area contributed by atoms with E-state index in [-0.39, 0.29) is 21.7 Å². The average Bonchev–Trinajstić information content (AvgIpc) is 2.52. The van der Waals surface area contributed by atoms with E-state index in [0.29, 0.717) is 0 Å². The summed E-state index contributed by atoms with van der Waals surface area (Å²) in [5.74, 6) is 0. The third-order valence-corrected chi connectivity index (χ3v) is 4.79. The first-order valence-corrected chi connectivity index (χ1v) is 9.08. The van der Waals surface area contributed by atoms with Crippen LogP contribution < -0.4 is 5.73 Å². The van der Waals surface area contributed by atoms with E-state index < -0.39 is 36.7 Å². The number of non-ortho nitro benzene ring substituents is 1. The van der Waals surface area contributed by atoms with Crippen molar-refractivity contribution in [3.8, 4) is 0 Å². The second-order valence-corrected chi connectivity index (χ2v) is 7.16. The van der Waals surface area contributed by atoms with E-state index in [9.17, 15) is 31.8 Å². The molecule has 0 fully saturated rings. The Kier molecular flexibility index (Phi) is 5.33. The molecule has 2 rings (SSSR count). The van der Waals surface area contributed by atoms with Crippen molar-refractivity contribution in [2.75, 3.05) is 5.73 Å². The van der Waals surface area contributed by atoms with E-state index in [1.54, 1.807) is 0 Å². The maximum atomic E-state index is 11.5. The molecule has 11 heteroatoms. The van der Waals surface area contributed by atoms with Gasteiger partial charge in [0.25, 0.3) is 15.8 Å². The maximum absolute atomic E-state index is 11.5. The zero-order valence-corrected chi connectivity index (χ0v) is 14.0. The maximum Gasteiger partial charge on any atom is 0.295 e. The highest BCUT2D eigenvalue weighted by atomic mass is 32.2. The largest absolute Gasteiger partial charge is 0.399 e. The monoisotopic (exact) mass is 384 g/mol. The third-order valence-electron chi connectivity index (χ3n) is 3.15. The number of hydrogen-bond donors (Lipinski definition) is 3. The van der Waals surface area contributed by atoms with Crippen molar-refractivity contribution in [3.05, 3.63) is 57.6 Å². The normalized spacial score (nSPS) is 13.0. The zero-order valence-electron chi connectivity index (χ0n) is 12.4. The molecular weight excluding hydrogens is 372 g/mol. The van der Waals surface area contributed by atoms with Crippen molar-refractivity contribution in [2.45, 2.75) is 9.79 Å². The fourth-order valence-electron chi connectivity index (χ4n) is 2.02. The van der Waals surface area contributed by atoms with Crippen molar-refractivity contribution < 1.29 is 26.7 Å². The highest BCUT2D eigenvalue weighted by molar-refractivity contribution is 7.86. The summed E-state index contributed by atoms with van der Waals surface area (Å²) in [6.45, 7) is 0. The number of rotatable bonds is 5. The Morgan fingerprint density at radius 3 is 2.28 bits per heavy atom. The fraction of sp³-hybridized carbons (Fsp3) is 0. The second kappa shape index (κ2) is 7.11. The number of hydrogen-bond acceptors (Lipinski definition) is 6. The summed E-state index contributed by atoms with van der Waals surface area (Å²) in [6, 6.07) is 7.16. The minimum atomic E-state index is -4.71. The number of benzene rings is 2. The number of nitro groups is 1. The third kappa shape index (κ3) is 4.48. The molecule has 2 aromatic carbocycles. The van der Waals surface area contributed by atoms with Crippen LogP contribution in [0.4, 0.5) is 11.4 Å². The van der Waals surface area contributed by atoms with Gasteiger partial charge in [0.05, 0.1) is 9.82 Å². The summed E-state index contributed by atoms with van der Waals surface area (Å²) >= 11 is -2.33. The summed E-state index contributed by atoms with van der Waals surface area (Å²) in [5.41, 5.74) is 5.57. The highest BCUT2D eigenvalue weighted by Gasteiger charge is 2.19. The van der Waals surface area contributed by atoms with Crippen LogP contribution in [0.5, 0.6) is 0 Å². The minimum Gasteiger partial charge on any atom is -0.399 e. The van der Waals surface area contributed by atoms with Gasteiger partial charge >= 0.3 is 0 Å². The molecule has 0 aliphatic rings. The van der Waals surface area contributed by atoms with Gasteiger partial charge in [-0.05, 0) is 29.3 Å². The number of nitro benzene ring substituents is 1. The fourth-order valence-corrected chi connectivity index (χ4v) is 3.30. The quantitative estimate of drug-likeness (QED) is 0.176. The first-order chi connectivity index (χ1) is 11.6. The van der Waals surface area contributed by atoms with Crippen LogP contribution in [-0.4, -0.2) is 26.7 Å². The molecule has 0 amide bonds. The smallest absolute Gasteiger partial charge is 0.295 e. The predicted molar refractivity (Wildman–Crippen MR) is 91.7 cm³/mol. The molecule has 0 bridgehead atoms. The van der Waals surface area contributed by atoms with Crippen LogP contribution in [0.2, 0.25) is 0 Å². The molecule has 4 N–H and O–H groups in total. The Morgan fingerprint density at radius 2 is 1.72 bits per heavy atom. The van der Waals surface area contributed by atoms with Gasteiger partial charge in [0, 0.05) is 17.8 Å². The Morgan fingerprint density at radius 1 is 1.12 bits per heavy atom. The number of nitrogens with two attached hydrogens (primary N) is 1. The lowest BCUT2D eigenvalue weighted by atomic mass is 10.1. The molecule has 1 atom stereocenters. The Labute approximate surface area is 145 Å². The Hall–Kier alpha value is -2.60. The molecule has 0 aromatic heterocycles. The Bertz CT molecular complexity index is 1000. The lowest BCUT2D eigenvalue weighted by Gasteiger charge is -2.05. The van der Waals surface area contributed by atoms with Crippen molar-refractivity contribution in [3.63, 3.8) is 0 Å². The van der Waals surface area contributed by atoms with Gasteiger partial charge in [-0.3, -0.25) is 14.7 Å². The number of nitrogens with zero attached hydrogens (tertiary/aromatic N) is 1. The van der Waals surface area contributed by atoms with Crippen LogP contribution in [0.3, 0.4) is 0 Å². The average molecular weight is 384 g/mol. The van der Waals surface area contributed by atoms with Crippen LogP contribution in [0.25, 0.3) is 12.2 Å². The molecule has 0 saturated heterocycles. The van der Waals surface area contributed by atoms with Crippen molar-refractivity contribution >= 4 is 44.7 Å². The van der Waals surface area contributed by atoms with Crippen LogP contribution in [0, 0.1) is 10.1 Å². The molecule has 0 heterocycles. The topological polar surface area (TPSA) is 161 Å². The van der Waals surface area contributed by atoms with Gasteiger partial charge in [-0.15, -0.1) is 0 Å². The molecule has 0 spiro atoms. The van der Waals surface area contributed by atoms with Crippen molar-refractivity contribution in [1.29, 1.82) is 0 Å². The predicted octanol–water partition coefficient (Wildman–Crippen LogP) is 2.17. The lowest BCUT2D eigenvalue weighted by Crippen LogP contribution is -2.02. The SMILES string of the molecule is Nc1ccc(/C=C/c2ccc([N+](=O)[O-])cc2S(=O)(=O)O)c(S(=O)O)c1. The van der Waals surface area contributed by atoms with Crippen LogP contribution in [0.15, 0.2) is 46.2 Å². The molecule has 0 saturated carbocycles. The van der Waals surface area contributed by atoms with Gasteiger partial charge < -0.3 is 10.3 Å². The van der Waals surface area contributed by atoms with Gasteiger partial charge in [-0.1, -0.05) is 18.2 Å². The van der Waals surface area contributed by atoms with E-state index in [2.05, 4.69) is 0 Å². The summed E-state index contributed by atoms with van der Waals surface area (Å²) in [5, 5.41) is 10.8. The van der Waals surface area contributed by atoms with Gasteiger partial charge in [0.2, 0.25) is 0 Å². The molecule has 132 valence electrons. The standard InChI is InChI=1S/C14H12N2O7S2/c15-11-5-3-9(13(7-11)24(19)20)1-2-10-4-6-12(16(17)18)8-14(10)25(21,22)23/h1-8H,15H2,(H,19,20)(H,21,22,23)/b2-1+. The number of nitrogen functional groups attached to an aromatic ring is 1. The molecule has 25 heavy (non-hydrogen) atoms. The number of anilines is 1. The molecule has 0 radical (unpaired) electrons. The van der Waals surface area contributed by atoms with Gasteiger partial charge in [0.1, 0.15) is 4.90 Å². The molecule has 1 unspecified atom stereocenters. The second-order valence-electron chi connectivity index (χ2n) is 4.83. The van der Waals surface area contributed by atoms with Gasteiger partial charge in [0.15, 0.2) is 11.1 Å². The minimum absolute atomic E-state index is 0.00608. The highest BCUT2D eigenvalue weighted by Crippen LogP contribution is 2.25. The van der Waals surface area contributed by atoms with Crippen LogP contribution in [0.1, 0.15) is 11.1 Å². The van der Waals surface area contributed by atoms with Crippen LogP contribution >= 0.6 is 0 Å². The summed E-state index contributed by atoms with van der Waals surface area (Å²) in [6.07, 6.45) is 2.58. The zero-order chi connectivity index (χ0) is 18.8. The van der Waals surface area contributed by atoms with E-state index >= 15 is 0 Å². The summed E-state index contributed by atoms with van der Waals surface area (Å²) in [4.78, 5) is 9.32. The molecule has 2 aromatic rings. The molecule has 9 nitrogen and oxygen atoms in total. The molecule has 0 aliphatic carbocycles. The van der Waals surface area contributed by atoms with Gasteiger partial charge in [-0.2, -0.15) is 8.42 Å².